The summed E-state index contributed by atoms with van der Waals surface area (Å²) < 4.78 is 0. The van der Waals surface area contributed by atoms with Crippen LogP contribution in [0.4, 0.5) is 4.79 Å². The highest BCUT2D eigenvalue weighted by Crippen LogP contribution is 1.66. The normalized spacial score (nSPS) is 6.12. The van der Waals surface area contributed by atoms with Crippen molar-refractivity contribution in [2.75, 3.05) is 0 Å². The third-order valence-electron chi connectivity index (χ3n) is 0. The molecule has 0 aromatic carbocycles. The van der Waals surface area contributed by atoms with E-state index < -0.39 is 6.03 Å². The summed E-state index contributed by atoms with van der Waals surface area (Å²) in [6.07, 6.45) is 0. The van der Waals surface area contributed by atoms with Gasteiger partial charge in [-0.15, -0.1) is 0 Å². The molecule has 8 heavy (non-hydrogen) atoms. The topological polar surface area (TPSA) is 89.3 Å². The molecule has 48 valence electrons. The van der Waals surface area contributed by atoms with Crippen LogP contribution in [-0.2, 0) is 0 Å². The molecule has 0 aromatic heterocycles. The number of rotatable bonds is 0. The Morgan fingerprint density at radius 1 is 1.62 bits per heavy atom. The minimum Gasteiger partial charge on any atom is -0.513 e. The fourth-order valence-corrected chi connectivity index (χ4v) is 0. The molecular formula is C4H10N2O2. The molecule has 0 saturated heterocycles. The fourth-order valence-electron chi connectivity index (χ4n) is 0. The summed E-state index contributed by atoms with van der Waals surface area (Å²) in [6.45, 7) is 4.64. The Balaban J connectivity index is 0. The predicted octanol–water partition coefficient (Wildman–Crippen LogP) is 0.102. The van der Waals surface area contributed by atoms with Crippen LogP contribution in [0.5, 0.6) is 0 Å². The molecule has 0 radical (unpaired) electrons. The lowest BCUT2D eigenvalue weighted by atomic mass is 10.7. The van der Waals surface area contributed by atoms with Gasteiger partial charge in [0.25, 0.3) is 0 Å². The maximum Gasteiger partial charge on any atom is 0.309 e. The molecule has 4 heteroatoms. The van der Waals surface area contributed by atoms with E-state index in [4.69, 9.17) is 9.90 Å². The Morgan fingerprint density at radius 3 is 1.62 bits per heavy atom. The molecule has 0 rings (SSSR count). The van der Waals surface area contributed by atoms with Gasteiger partial charge in [0, 0.05) is 0 Å². The van der Waals surface area contributed by atoms with Crippen molar-refractivity contribution in [2.45, 2.75) is 6.92 Å². The molecule has 4 nitrogen and oxygen atoms in total. The van der Waals surface area contributed by atoms with Crippen molar-refractivity contribution in [1.82, 2.24) is 0 Å². The molecule has 0 aliphatic rings. The van der Waals surface area contributed by atoms with Crippen molar-refractivity contribution in [2.24, 2.45) is 11.5 Å². The van der Waals surface area contributed by atoms with Crippen molar-refractivity contribution in [3.63, 3.8) is 0 Å². The minimum absolute atomic E-state index is 0.167. The summed E-state index contributed by atoms with van der Waals surface area (Å²) >= 11 is 0. The van der Waals surface area contributed by atoms with E-state index in [9.17, 15) is 0 Å². The van der Waals surface area contributed by atoms with Crippen LogP contribution in [0.1, 0.15) is 6.92 Å². The minimum atomic E-state index is -0.833. The number of hydrogen-bond donors (Lipinski definition) is 3. The van der Waals surface area contributed by atoms with Crippen LogP contribution < -0.4 is 11.5 Å². The van der Waals surface area contributed by atoms with E-state index in [1.807, 2.05) is 0 Å². The average Bonchev–Trinajstić information content (AvgIpc) is 1.25. The molecular weight excluding hydrogens is 108 g/mol. The first-order valence-corrected chi connectivity index (χ1v) is 1.86. The van der Waals surface area contributed by atoms with Crippen LogP contribution in [0.3, 0.4) is 0 Å². The Hall–Kier alpha value is -1.19. The molecule has 0 bridgehead atoms. The van der Waals surface area contributed by atoms with Crippen LogP contribution in [0.15, 0.2) is 12.3 Å². The summed E-state index contributed by atoms with van der Waals surface area (Å²) in [5, 5.41) is 7.86. The van der Waals surface area contributed by atoms with Gasteiger partial charge in [-0.05, 0) is 6.92 Å². The van der Waals surface area contributed by atoms with Gasteiger partial charge in [-0.2, -0.15) is 0 Å². The number of carbonyl (C=O) groups excluding carboxylic acids is 1. The molecule has 0 heterocycles. The number of nitrogens with two attached hydrogens (primary N) is 2. The van der Waals surface area contributed by atoms with E-state index in [1.165, 1.54) is 6.92 Å². The van der Waals surface area contributed by atoms with E-state index in [0.717, 1.165) is 0 Å². The van der Waals surface area contributed by atoms with Crippen molar-refractivity contribution >= 4 is 6.03 Å². The highest BCUT2D eigenvalue weighted by molar-refractivity contribution is 5.69. The largest absolute Gasteiger partial charge is 0.513 e. The Bertz CT molecular complexity index is 70.0. The van der Waals surface area contributed by atoms with Crippen LogP contribution in [0, 0.1) is 0 Å². The van der Waals surface area contributed by atoms with Gasteiger partial charge < -0.3 is 16.6 Å². The first-order valence-electron chi connectivity index (χ1n) is 1.86. The second-order valence-corrected chi connectivity index (χ2v) is 1.14. The van der Waals surface area contributed by atoms with Crippen LogP contribution >= 0.6 is 0 Å². The van der Waals surface area contributed by atoms with Crippen molar-refractivity contribution < 1.29 is 9.90 Å². The van der Waals surface area contributed by atoms with Gasteiger partial charge in [0.15, 0.2) is 0 Å². The molecule has 5 N–H and O–H groups in total. The van der Waals surface area contributed by atoms with Crippen molar-refractivity contribution in [3.8, 4) is 0 Å². The number of aliphatic hydroxyl groups excluding tert-OH is 1. The molecule has 0 aliphatic heterocycles. The summed E-state index contributed by atoms with van der Waals surface area (Å²) in [6, 6.07) is -0.833. The first-order chi connectivity index (χ1) is 3.46. The molecule has 0 aliphatic carbocycles. The molecule has 2 amide bonds. The number of amides is 2. The molecule has 0 fully saturated rings. The Kier molecular flexibility index (Phi) is 7.22. The Morgan fingerprint density at radius 2 is 1.62 bits per heavy atom. The van der Waals surface area contributed by atoms with E-state index in [1.54, 1.807) is 0 Å². The smallest absolute Gasteiger partial charge is 0.309 e. The lowest BCUT2D eigenvalue weighted by Crippen LogP contribution is -2.18. The average molecular weight is 118 g/mol. The second-order valence-electron chi connectivity index (χ2n) is 1.14. The highest BCUT2D eigenvalue weighted by atomic mass is 16.3. The third kappa shape index (κ3) is 49.3. The van der Waals surface area contributed by atoms with Crippen molar-refractivity contribution in [1.29, 1.82) is 0 Å². The number of carbonyl (C=O) groups is 1. The van der Waals surface area contributed by atoms with Gasteiger partial charge >= 0.3 is 6.03 Å². The van der Waals surface area contributed by atoms with Crippen LogP contribution in [0.2, 0.25) is 0 Å². The number of aliphatic hydroxyl groups is 1. The SMILES string of the molecule is C=C(C)O.NC(N)=O. The zero-order valence-corrected chi connectivity index (χ0v) is 4.72. The molecule has 0 aromatic rings. The molecule has 0 spiro atoms. The van der Waals surface area contributed by atoms with Gasteiger partial charge in [0.2, 0.25) is 0 Å². The maximum absolute atomic E-state index is 9.00. The van der Waals surface area contributed by atoms with E-state index in [0.29, 0.717) is 0 Å². The van der Waals surface area contributed by atoms with Gasteiger partial charge in [0.05, 0.1) is 5.76 Å². The van der Waals surface area contributed by atoms with Gasteiger partial charge in [-0.1, -0.05) is 6.58 Å². The predicted molar refractivity (Wildman–Crippen MR) is 31.2 cm³/mol. The molecule has 0 atom stereocenters. The zero-order chi connectivity index (χ0) is 7.15. The maximum atomic E-state index is 9.00. The standard InChI is InChI=1S/C3H6O.CH4N2O/c1-3(2)4;2-1(3)4/h4H,1H2,2H3;(H4,2,3,4). The summed E-state index contributed by atoms with van der Waals surface area (Å²) in [5.41, 5.74) is 8.50. The van der Waals surface area contributed by atoms with E-state index in [-0.39, 0.29) is 5.76 Å². The summed E-state index contributed by atoms with van der Waals surface area (Å²) in [5.74, 6) is 0.167. The third-order valence-corrected chi connectivity index (χ3v) is 0. The van der Waals surface area contributed by atoms with Crippen LogP contribution in [0.25, 0.3) is 0 Å². The monoisotopic (exact) mass is 118 g/mol. The summed E-state index contributed by atoms with van der Waals surface area (Å²) in [4.78, 5) is 9.00. The van der Waals surface area contributed by atoms with Gasteiger partial charge in [-0.3, -0.25) is 0 Å². The number of hydrogen-bond acceptors (Lipinski definition) is 2. The van der Waals surface area contributed by atoms with E-state index in [2.05, 4.69) is 18.0 Å². The zero-order valence-electron chi connectivity index (χ0n) is 4.72. The molecule has 0 unspecified atom stereocenters. The first kappa shape index (κ1) is 9.94. The lowest BCUT2D eigenvalue weighted by Gasteiger charge is -1.68. The van der Waals surface area contributed by atoms with Crippen LogP contribution in [-0.4, -0.2) is 11.1 Å². The Labute approximate surface area is 47.8 Å². The molecule has 0 saturated carbocycles. The summed E-state index contributed by atoms with van der Waals surface area (Å²) in [7, 11) is 0. The highest BCUT2D eigenvalue weighted by Gasteiger charge is 1.60. The lowest BCUT2D eigenvalue weighted by molar-refractivity contribution is 0.256. The fraction of sp³-hybridized carbons (Fsp3) is 0.250. The number of allylic oxidation sites excluding steroid dienone is 1. The number of primary amides is 2. The van der Waals surface area contributed by atoms with E-state index >= 15 is 0 Å². The van der Waals surface area contributed by atoms with Gasteiger partial charge in [-0.25, -0.2) is 4.79 Å². The van der Waals surface area contributed by atoms with Gasteiger partial charge in [0.1, 0.15) is 0 Å². The number of urea groups is 1. The van der Waals surface area contributed by atoms with Crippen molar-refractivity contribution in [3.05, 3.63) is 12.3 Å². The quantitative estimate of drug-likeness (QED) is 0.394. The second kappa shape index (κ2) is 5.81.